The van der Waals surface area contributed by atoms with E-state index in [1.165, 1.54) is 11.1 Å². The van der Waals surface area contributed by atoms with Crippen molar-refractivity contribution >= 4 is 28.7 Å². The predicted octanol–water partition coefficient (Wildman–Crippen LogP) is 5.93. The summed E-state index contributed by atoms with van der Waals surface area (Å²) in [5.74, 6) is 1.19. The fourth-order valence-electron chi connectivity index (χ4n) is 2.66. The second kappa shape index (κ2) is 7.87. The number of para-hydroxylation sites is 1. The van der Waals surface area contributed by atoms with Crippen molar-refractivity contribution in [2.75, 3.05) is 17.7 Å². The average molecular weight is 357 g/mol. The molecule has 2 N–H and O–H groups in total. The molecule has 0 saturated carbocycles. The highest BCUT2D eigenvalue weighted by Crippen LogP contribution is 2.32. The van der Waals surface area contributed by atoms with E-state index in [0.29, 0.717) is 11.0 Å². The zero-order valence-corrected chi connectivity index (χ0v) is 16.8. The van der Waals surface area contributed by atoms with Crippen LogP contribution < -0.4 is 15.4 Å². The molecule has 0 aromatic heterocycles. The minimum absolute atomic E-state index is 0.0575. The summed E-state index contributed by atoms with van der Waals surface area (Å²) in [4.78, 5) is 0. The van der Waals surface area contributed by atoms with Crippen LogP contribution in [0, 0.1) is 0 Å². The van der Waals surface area contributed by atoms with Gasteiger partial charge in [0.15, 0.2) is 5.11 Å². The summed E-state index contributed by atoms with van der Waals surface area (Å²) in [6.45, 7) is 10.9. The van der Waals surface area contributed by atoms with Crippen molar-refractivity contribution in [2.45, 2.75) is 46.0 Å². The Labute approximate surface area is 156 Å². The van der Waals surface area contributed by atoms with Gasteiger partial charge in [0.2, 0.25) is 0 Å². The zero-order valence-electron chi connectivity index (χ0n) is 15.9. The lowest BCUT2D eigenvalue weighted by Gasteiger charge is -2.22. The van der Waals surface area contributed by atoms with Gasteiger partial charge in [-0.2, -0.15) is 0 Å². The maximum Gasteiger partial charge on any atom is 0.175 e. The van der Waals surface area contributed by atoms with Gasteiger partial charge < -0.3 is 15.4 Å². The van der Waals surface area contributed by atoms with Crippen LogP contribution in [0.25, 0.3) is 0 Å². The van der Waals surface area contributed by atoms with Crippen LogP contribution in [0.3, 0.4) is 0 Å². The average Bonchev–Trinajstić information content (AvgIpc) is 2.54. The molecular weight excluding hydrogens is 328 g/mol. The van der Waals surface area contributed by atoms with Gasteiger partial charge in [0.1, 0.15) is 5.75 Å². The normalized spacial score (nSPS) is 11.3. The lowest BCUT2D eigenvalue weighted by molar-refractivity contribution is 0.416. The third-order valence-electron chi connectivity index (χ3n) is 4.14. The number of benzene rings is 2. The molecule has 0 aliphatic heterocycles. The number of rotatable bonds is 4. The second-order valence-electron chi connectivity index (χ2n) is 7.49. The van der Waals surface area contributed by atoms with Crippen LogP contribution in [0.5, 0.6) is 5.75 Å². The van der Waals surface area contributed by atoms with E-state index in [1.807, 2.05) is 24.3 Å². The highest BCUT2D eigenvalue weighted by Gasteiger charge is 2.16. The Balaban J connectivity index is 2.23. The number of thiocarbonyl (C=S) groups is 1. The number of hydrogen-bond donors (Lipinski definition) is 2. The number of anilines is 2. The lowest BCUT2D eigenvalue weighted by Crippen LogP contribution is -2.21. The molecule has 0 bridgehead atoms. The first kappa shape index (κ1) is 19.3. The molecule has 0 saturated heterocycles. The van der Waals surface area contributed by atoms with E-state index in [2.05, 4.69) is 63.5 Å². The highest BCUT2D eigenvalue weighted by molar-refractivity contribution is 7.80. The van der Waals surface area contributed by atoms with Gasteiger partial charge in [0.25, 0.3) is 0 Å². The Morgan fingerprint density at radius 1 is 1.00 bits per heavy atom. The van der Waals surface area contributed by atoms with Crippen LogP contribution in [0.1, 0.15) is 51.7 Å². The number of ether oxygens (including phenoxy) is 1. The number of hydrogen-bond acceptors (Lipinski definition) is 2. The Bertz CT molecular complexity index is 748. The van der Waals surface area contributed by atoms with Gasteiger partial charge in [-0.1, -0.05) is 58.9 Å². The lowest BCUT2D eigenvalue weighted by atomic mass is 9.87. The molecule has 0 spiro atoms. The van der Waals surface area contributed by atoms with Crippen molar-refractivity contribution in [1.82, 2.24) is 0 Å². The monoisotopic (exact) mass is 356 g/mol. The summed E-state index contributed by atoms with van der Waals surface area (Å²) < 4.78 is 5.48. The zero-order chi connectivity index (χ0) is 18.6. The van der Waals surface area contributed by atoms with E-state index in [-0.39, 0.29) is 5.41 Å². The molecule has 2 aromatic rings. The van der Waals surface area contributed by atoms with Gasteiger partial charge in [-0.05, 0) is 52.9 Å². The third kappa shape index (κ3) is 4.95. The van der Waals surface area contributed by atoms with Gasteiger partial charge in [0.05, 0.1) is 12.8 Å². The van der Waals surface area contributed by atoms with E-state index in [9.17, 15) is 0 Å². The van der Waals surface area contributed by atoms with Crippen LogP contribution in [0.15, 0.2) is 42.5 Å². The molecule has 0 radical (unpaired) electrons. The highest BCUT2D eigenvalue weighted by atomic mass is 32.1. The molecule has 25 heavy (non-hydrogen) atoms. The van der Waals surface area contributed by atoms with Crippen LogP contribution in [0.4, 0.5) is 11.4 Å². The molecule has 0 fully saturated rings. The largest absolute Gasteiger partial charge is 0.495 e. The van der Waals surface area contributed by atoms with Gasteiger partial charge in [-0.25, -0.2) is 0 Å². The maximum atomic E-state index is 5.53. The Morgan fingerprint density at radius 2 is 1.64 bits per heavy atom. The molecule has 134 valence electrons. The van der Waals surface area contributed by atoms with E-state index >= 15 is 0 Å². The van der Waals surface area contributed by atoms with Crippen molar-refractivity contribution in [3.63, 3.8) is 0 Å². The minimum Gasteiger partial charge on any atom is -0.495 e. The fraction of sp³-hybridized carbons (Fsp3) is 0.381. The SMILES string of the molecule is COc1ccc(C(C)(C)C)cc1NC(=S)Nc1ccccc1C(C)C. The van der Waals surface area contributed by atoms with Crippen LogP contribution in [0.2, 0.25) is 0 Å². The quantitative estimate of drug-likeness (QED) is 0.666. The first-order valence-corrected chi connectivity index (χ1v) is 8.98. The molecule has 0 heterocycles. The molecule has 2 aromatic carbocycles. The Morgan fingerprint density at radius 3 is 2.24 bits per heavy atom. The summed E-state index contributed by atoms with van der Waals surface area (Å²) in [6.07, 6.45) is 0. The third-order valence-corrected chi connectivity index (χ3v) is 4.35. The van der Waals surface area contributed by atoms with Gasteiger partial charge >= 0.3 is 0 Å². The molecule has 0 aliphatic rings. The van der Waals surface area contributed by atoms with Crippen molar-refractivity contribution in [3.8, 4) is 5.75 Å². The van der Waals surface area contributed by atoms with Crippen LogP contribution in [-0.2, 0) is 5.41 Å². The molecular formula is C21H28N2OS. The molecule has 0 amide bonds. The van der Waals surface area contributed by atoms with Gasteiger partial charge in [-0.3, -0.25) is 0 Å². The minimum atomic E-state index is 0.0575. The number of nitrogens with one attached hydrogen (secondary N) is 2. The first-order chi connectivity index (χ1) is 11.7. The smallest absolute Gasteiger partial charge is 0.175 e. The molecule has 0 unspecified atom stereocenters. The van der Waals surface area contributed by atoms with Crippen molar-refractivity contribution < 1.29 is 4.74 Å². The Kier molecular flexibility index (Phi) is 6.07. The van der Waals surface area contributed by atoms with Crippen LogP contribution >= 0.6 is 12.2 Å². The summed E-state index contributed by atoms with van der Waals surface area (Å²) in [5.41, 5.74) is 4.42. The topological polar surface area (TPSA) is 33.3 Å². The molecule has 0 aliphatic carbocycles. The molecule has 2 rings (SSSR count). The predicted molar refractivity (Wildman–Crippen MR) is 112 cm³/mol. The molecule has 4 heteroatoms. The van der Waals surface area contributed by atoms with E-state index < -0.39 is 0 Å². The number of methoxy groups -OCH3 is 1. The Hall–Kier alpha value is -2.07. The van der Waals surface area contributed by atoms with Crippen LogP contribution in [-0.4, -0.2) is 12.2 Å². The standard InChI is InChI=1S/C21H28N2OS/c1-14(2)16-9-7-8-10-17(16)22-20(25)23-18-13-15(21(3,4)5)11-12-19(18)24-6/h7-14H,1-6H3,(H2,22,23,25). The van der Waals surface area contributed by atoms with Crippen molar-refractivity contribution in [3.05, 3.63) is 53.6 Å². The summed E-state index contributed by atoms with van der Waals surface area (Å²) >= 11 is 5.53. The summed E-state index contributed by atoms with van der Waals surface area (Å²) in [7, 11) is 1.67. The van der Waals surface area contributed by atoms with E-state index in [4.69, 9.17) is 17.0 Å². The second-order valence-corrected chi connectivity index (χ2v) is 7.89. The van der Waals surface area contributed by atoms with Gasteiger partial charge in [0, 0.05) is 5.69 Å². The van der Waals surface area contributed by atoms with E-state index in [1.54, 1.807) is 7.11 Å². The maximum absolute atomic E-state index is 5.53. The van der Waals surface area contributed by atoms with Crippen molar-refractivity contribution in [2.24, 2.45) is 0 Å². The molecule has 0 atom stereocenters. The van der Waals surface area contributed by atoms with Gasteiger partial charge in [-0.15, -0.1) is 0 Å². The fourth-order valence-corrected chi connectivity index (χ4v) is 2.88. The van der Waals surface area contributed by atoms with Crippen molar-refractivity contribution in [1.29, 1.82) is 0 Å². The molecule has 3 nitrogen and oxygen atoms in total. The van der Waals surface area contributed by atoms with E-state index in [0.717, 1.165) is 17.1 Å². The summed E-state index contributed by atoms with van der Waals surface area (Å²) in [6, 6.07) is 14.4. The summed E-state index contributed by atoms with van der Waals surface area (Å²) in [5, 5.41) is 7.15. The first-order valence-electron chi connectivity index (χ1n) is 8.58.